The van der Waals surface area contributed by atoms with Crippen LogP contribution in [0.4, 0.5) is 0 Å². The molecule has 0 unspecified atom stereocenters. The van der Waals surface area contributed by atoms with Crippen molar-refractivity contribution in [1.29, 1.82) is 0 Å². The van der Waals surface area contributed by atoms with Gasteiger partial charge in [-0.1, -0.05) is 26.0 Å². The number of ether oxygens (including phenoxy) is 4. The summed E-state index contributed by atoms with van der Waals surface area (Å²) in [5.74, 6) is -5.76. The number of carboxylic acids is 1. The molecule has 0 bridgehead atoms. The molecule has 6 N–H and O–H groups in total. The lowest BCUT2D eigenvalue weighted by Gasteiger charge is -2.38. The van der Waals surface area contributed by atoms with Crippen molar-refractivity contribution in [2.45, 2.75) is 88.9 Å². The molecule has 2 fully saturated rings. The molecule has 0 aliphatic carbocycles. The van der Waals surface area contributed by atoms with E-state index in [9.17, 15) is 57.6 Å². The van der Waals surface area contributed by atoms with E-state index in [1.165, 1.54) is 0 Å². The number of aliphatic carboxylic acids is 1. The van der Waals surface area contributed by atoms with E-state index in [4.69, 9.17) is 23.5 Å². The van der Waals surface area contributed by atoms with E-state index >= 15 is 0 Å². The van der Waals surface area contributed by atoms with Crippen molar-refractivity contribution in [3.8, 4) is 5.75 Å². The lowest BCUT2D eigenvalue weighted by atomic mass is 9.99. The number of aliphatic hydroxyl groups excluding tert-OH is 3. The predicted molar refractivity (Wildman–Crippen MR) is 184 cm³/mol. The molecule has 1 aromatic carbocycles. The van der Waals surface area contributed by atoms with Gasteiger partial charge in [0.2, 0.25) is 18.1 Å². The number of imide groups is 1. The maximum atomic E-state index is 13.3. The highest BCUT2D eigenvalue weighted by Gasteiger charge is 2.49. The van der Waals surface area contributed by atoms with Crippen LogP contribution in [0.15, 0.2) is 30.4 Å². The van der Waals surface area contributed by atoms with Crippen molar-refractivity contribution in [2.75, 3.05) is 32.1 Å². The van der Waals surface area contributed by atoms with Gasteiger partial charge in [-0.3, -0.25) is 33.4 Å². The first-order chi connectivity index (χ1) is 25.9. The summed E-state index contributed by atoms with van der Waals surface area (Å²) in [6.45, 7) is 2.15. The van der Waals surface area contributed by atoms with Crippen LogP contribution in [0.5, 0.6) is 5.75 Å². The number of carboxylic acid groups (broad SMARTS) is 1. The minimum atomic E-state index is -4.31. The van der Waals surface area contributed by atoms with E-state index in [0.29, 0.717) is 30.4 Å². The number of aliphatic hydroxyl groups is 3. The lowest BCUT2D eigenvalue weighted by molar-refractivity contribution is -0.271. The van der Waals surface area contributed by atoms with Crippen molar-refractivity contribution in [3.63, 3.8) is 0 Å². The normalized spacial score (nSPS) is 25.5. The standard InChI is InChI=1S/C34H45N3O17S/c1-18(2)33(47)52-16-20-7-6-19(13-23(20)53-34-29(43)27(41)28(42)30(54-34)32(45)46)5-3-4-10-35-24(38)15-36-21(17-51-11-12-55(48,49)50)14-22(31(36)44)37-25(39)8-9-26(37)40/h6-9,13,18,21-22,27-30,34,41-43H,3-5,10-12,14-17H2,1-2H3,(H,35,38)(H,45,46)(H,48,49,50)/t21-,22-,27-,28-,29+,30-,34+/m0/s1. The summed E-state index contributed by atoms with van der Waals surface area (Å²) in [7, 11) is -4.31. The molecule has 3 heterocycles. The van der Waals surface area contributed by atoms with Crippen molar-refractivity contribution >= 4 is 45.7 Å². The summed E-state index contributed by atoms with van der Waals surface area (Å²) in [4.78, 5) is 76.4. The number of benzene rings is 1. The minimum Gasteiger partial charge on any atom is -0.479 e. The van der Waals surface area contributed by atoms with Crippen LogP contribution in [0.2, 0.25) is 0 Å². The Kier molecular flexibility index (Phi) is 14.8. The first-order valence-electron chi connectivity index (χ1n) is 17.4. The highest BCUT2D eigenvalue weighted by molar-refractivity contribution is 7.85. The van der Waals surface area contributed by atoms with Gasteiger partial charge in [0.1, 0.15) is 36.7 Å². The molecule has 0 saturated carbocycles. The summed E-state index contributed by atoms with van der Waals surface area (Å²) in [5, 5.41) is 42.9. The summed E-state index contributed by atoms with van der Waals surface area (Å²) in [6, 6.07) is 2.89. The van der Waals surface area contributed by atoms with Crippen LogP contribution in [0, 0.1) is 5.92 Å². The number of carbonyl (C=O) groups is 6. The molecule has 4 amide bonds. The molecular weight excluding hydrogens is 754 g/mol. The lowest BCUT2D eigenvalue weighted by Crippen LogP contribution is -2.61. The quantitative estimate of drug-likeness (QED) is 0.0378. The number of esters is 1. The maximum absolute atomic E-state index is 13.3. The Morgan fingerprint density at radius 1 is 1.02 bits per heavy atom. The average molecular weight is 800 g/mol. The summed E-state index contributed by atoms with van der Waals surface area (Å²) >= 11 is 0. The largest absolute Gasteiger partial charge is 0.479 e. The van der Waals surface area contributed by atoms with E-state index in [-0.39, 0.29) is 31.9 Å². The molecule has 21 heteroatoms. The van der Waals surface area contributed by atoms with Crippen LogP contribution in [-0.2, 0) is 66.1 Å². The Labute approximate surface area is 315 Å². The summed E-state index contributed by atoms with van der Waals surface area (Å²) < 4.78 is 52.7. The van der Waals surface area contributed by atoms with Crippen LogP contribution >= 0.6 is 0 Å². The van der Waals surface area contributed by atoms with Crippen LogP contribution in [0.1, 0.15) is 44.2 Å². The number of nitrogens with zero attached hydrogens (tertiary/aromatic N) is 2. The Morgan fingerprint density at radius 2 is 1.71 bits per heavy atom. The second-order valence-corrected chi connectivity index (χ2v) is 15.0. The van der Waals surface area contributed by atoms with E-state index in [1.807, 2.05) is 0 Å². The minimum absolute atomic E-state index is 0.0531. The van der Waals surface area contributed by atoms with Gasteiger partial charge in [0, 0.05) is 30.7 Å². The number of hydrogen-bond donors (Lipinski definition) is 6. The zero-order chi connectivity index (χ0) is 40.6. The Balaban J connectivity index is 1.35. The van der Waals surface area contributed by atoms with Crippen LogP contribution in [-0.4, -0.2) is 154 Å². The topological polar surface area (TPSA) is 293 Å². The predicted octanol–water partition coefficient (Wildman–Crippen LogP) is -2.11. The van der Waals surface area contributed by atoms with Crippen molar-refractivity contribution in [3.05, 3.63) is 41.5 Å². The molecule has 0 aromatic heterocycles. The number of nitrogens with one attached hydrogen (secondary N) is 1. The van der Waals surface area contributed by atoms with Crippen LogP contribution < -0.4 is 10.1 Å². The fraction of sp³-hybridized carbons (Fsp3) is 0.588. The third-order valence-electron chi connectivity index (χ3n) is 9.01. The molecule has 0 spiro atoms. The first-order valence-corrected chi connectivity index (χ1v) is 19.0. The molecule has 3 aliphatic rings. The van der Waals surface area contributed by atoms with Gasteiger partial charge >= 0.3 is 11.9 Å². The fourth-order valence-electron chi connectivity index (χ4n) is 6.01. The number of unbranched alkanes of at least 4 members (excludes halogenated alkanes) is 1. The zero-order valence-corrected chi connectivity index (χ0v) is 30.8. The number of carbonyl (C=O) groups excluding carboxylic acids is 5. The average Bonchev–Trinajstić information content (AvgIpc) is 3.60. The van der Waals surface area contributed by atoms with E-state index in [2.05, 4.69) is 5.32 Å². The van der Waals surface area contributed by atoms with E-state index in [1.54, 1.807) is 32.0 Å². The fourth-order valence-corrected chi connectivity index (χ4v) is 6.34. The second-order valence-electron chi connectivity index (χ2n) is 13.5. The van der Waals surface area contributed by atoms with Gasteiger partial charge in [0.15, 0.2) is 6.10 Å². The van der Waals surface area contributed by atoms with Gasteiger partial charge in [0.05, 0.1) is 37.5 Å². The van der Waals surface area contributed by atoms with Crippen molar-refractivity contribution in [1.82, 2.24) is 15.1 Å². The SMILES string of the molecule is CC(C)C(=O)OCc1ccc(CCCCNC(=O)CN2C(=O)[C@@H](N3C(=O)C=CC3=O)C[C@H]2COCCS(=O)(=O)O)cc1O[C@@H]1O[C@H](C(=O)O)[C@@H](O)[C@H](O)[C@H]1O. The Bertz CT molecular complexity index is 1730. The van der Waals surface area contributed by atoms with Gasteiger partial charge in [-0.05, 0) is 30.9 Å². The smallest absolute Gasteiger partial charge is 0.335 e. The number of rotatable bonds is 19. The zero-order valence-electron chi connectivity index (χ0n) is 30.0. The number of aryl methyl sites for hydroxylation is 1. The highest BCUT2D eigenvalue weighted by Crippen LogP contribution is 2.30. The van der Waals surface area contributed by atoms with Gasteiger partial charge in [0.25, 0.3) is 21.9 Å². The van der Waals surface area contributed by atoms with Gasteiger partial charge in [-0.2, -0.15) is 8.42 Å². The molecule has 1 aromatic rings. The summed E-state index contributed by atoms with van der Waals surface area (Å²) in [5.41, 5.74) is 1.02. The third-order valence-corrected chi connectivity index (χ3v) is 9.70. The molecule has 3 aliphatic heterocycles. The monoisotopic (exact) mass is 799 g/mol. The molecule has 2 saturated heterocycles. The van der Waals surface area contributed by atoms with Crippen molar-refractivity contribution < 1.29 is 81.1 Å². The highest BCUT2D eigenvalue weighted by atomic mass is 32.2. The Hall–Kier alpha value is -4.51. The molecule has 304 valence electrons. The molecule has 20 nitrogen and oxygen atoms in total. The first kappa shape index (κ1) is 43.2. The van der Waals surface area contributed by atoms with E-state index < -0.39 is 113 Å². The van der Waals surface area contributed by atoms with Gasteiger partial charge < -0.3 is 49.6 Å². The van der Waals surface area contributed by atoms with Gasteiger partial charge in [-0.15, -0.1) is 0 Å². The maximum Gasteiger partial charge on any atom is 0.335 e. The second kappa shape index (κ2) is 18.9. The molecule has 7 atom stereocenters. The summed E-state index contributed by atoms with van der Waals surface area (Å²) in [6.07, 6.45) is -5.90. The van der Waals surface area contributed by atoms with Crippen LogP contribution in [0.3, 0.4) is 0 Å². The number of amides is 4. The molecular formula is C34H45N3O17S. The molecule has 55 heavy (non-hydrogen) atoms. The van der Waals surface area contributed by atoms with Crippen LogP contribution in [0.25, 0.3) is 0 Å². The van der Waals surface area contributed by atoms with E-state index in [0.717, 1.165) is 22.0 Å². The molecule has 4 rings (SSSR count). The Morgan fingerprint density at radius 3 is 2.35 bits per heavy atom. The van der Waals surface area contributed by atoms with Gasteiger partial charge in [-0.25, -0.2) is 4.79 Å². The van der Waals surface area contributed by atoms with Crippen molar-refractivity contribution in [2.24, 2.45) is 5.92 Å². The third kappa shape index (κ3) is 11.5. The number of likely N-dealkylation sites (tertiary alicyclic amines) is 1. The molecule has 0 radical (unpaired) electrons. The number of hydrogen-bond acceptors (Lipinski definition) is 15.